The molecule has 1 aliphatic rings. The molecule has 3 rings (SSSR count). The quantitative estimate of drug-likeness (QED) is 0.802. The highest BCUT2D eigenvalue weighted by Crippen LogP contribution is 2.23. The number of aryl methyl sites for hydroxylation is 1. The molecule has 0 unspecified atom stereocenters. The second kappa shape index (κ2) is 7.05. The molecule has 0 atom stereocenters. The third-order valence-corrected chi connectivity index (χ3v) is 4.70. The van der Waals surface area contributed by atoms with Crippen molar-refractivity contribution in [1.82, 2.24) is 4.90 Å². The third-order valence-electron chi connectivity index (χ3n) is 4.37. The van der Waals surface area contributed by atoms with Crippen LogP contribution in [-0.4, -0.2) is 43.3 Å². The zero-order valence-electron chi connectivity index (χ0n) is 13.5. The van der Waals surface area contributed by atoms with Crippen molar-refractivity contribution in [3.8, 4) is 0 Å². The summed E-state index contributed by atoms with van der Waals surface area (Å²) in [6, 6.07) is 12.9. The van der Waals surface area contributed by atoms with E-state index in [0.29, 0.717) is 29.2 Å². The van der Waals surface area contributed by atoms with Crippen molar-refractivity contribution in [3.05, 3.63) is 64.2 Å². The van der Waals surface area contributed by atoms with Gasteiger partial charge >= 0.3 is 0 Å². The number of hydrogen-bond donors (Lipinski definition) is 0. The van der Waals surface area contributed by atoms with E-state index in [1.165, 1.54) is 0 Å². The van der Waals surface area contributed by atoms with Crippen molar-refractivity contribution in [2.75, 3.05) is 31.1 Å². The van der Waals surface area contributed by atoms with Gasteiger partial charge in [-0.1, -0.05) is 23.7 Å². The first-order valence-electron chi connectivity index (χ1n) is 7.94. The van der Waals surface area contributed by atoms with Gasteiger partial charge in [0.15, 0.2) is 0 Å². The number of anilines is 1. The van der Waals surface area contributed by atoms with Crippen LogP contribution in [0.4, 0.5) is 5.69 Å². The van der Waals surface area contributed by atoms with E-state index in [2.05, 4.69) is 4.90 Å². The molecule has 0 N–H and O–H groups in total. The average molecular weight is 343 g/mol. The first-order valence-corrected chi connectivity index (χ1v) is 8.32. The summed E-state index contributed by atoms with van der Waals surface area (Å²) in [6.45, 7) is 4.83. The summed E-state index contributed by atoms with van der Waals surface area (Å²) in [4.78, 5) is 27.5. The largest absolute Gasteiger partial charge is 0.368 e. The zero-order chi connectivity index (χ0) is 17.1. The van der Waals surface area contributed by atoms with E-state index in [4.69, 9.17) is 11.6 Å². The molecule has 2 aromatic carbocycles. The van der Waals surface area contributed by atoms with Gasteiger partial charge in [0.05, 0.1) is 10.6 Å². The lowest BCUT2D eigenvalue weighted by molar-refractivity contribution is 0.0747. The maximum atomic E-state index is 12.6. The van der Waals surface area contributed by atoms with E-state index in [9.17, 15) is 9.59 Å². The van der Waals surface area contributed by atoms with E-state index in [0.717, 1.165) is 30.6 Å². The molecule has 0 saturated carbocycles. The van der Waals surface area contributed by atoms with Crippen LogP contribution < -0.4 is 4.90 Å². The molecular formula is C19H19ClN2O2. The molecule has 24 heavy (non-hydrogen) atoms. The van der Waals surface area contributed by atoms with Crippen molar-refractivity contribution in [3.63, 3.8) is 0 Å². The van der Waals surface area contributed by atoms with Crippen molar-refractivity contribution >= 4 is 29.5 Å². The molecule has 0 aromatic heterocycles. The standard InChI is InChI=1S/C19H19ClN2O2/c1-14-12-15(13-23)6-7-18(14)21-8-10-22(11-9-21)19(24)16-4-2-3-5-17(16)20/h2-7,12-13H,8-11H2,1H3. The Balaban J connectivity index is 1.69. The molecule has 1 fully saturated rings. The molecule has 1 aliphatic heterocycles. The Morgan fingerprint density at radius 1 is 1.08 bits per heavy atom. The van der Waals surface area contributed by atoms with Crippen LogP contribution >= 0.6 is 11.6 Å². The number of carbonyl (C=O) groups excluding carboxylic acids is 2. The van der Waals surface area contributed by atoms with Crippen molar-refractivity contribution in [1.29, 1.82) is 0 Å². The van der Waals surface area contributed by atoms with Gasteiger partial charge < -0.3 is 9.80 Å². The highest BCUT2D eigenvalue weighted by Gasteiger charge is 2.24. The minimum atomic E-state index is -0.0201. The number of benzene rings is 2. The fourth-order valence-electron chi connectivity index (χ4n) is 3.06. The van der Waals surface area contributed by atoms with Crippen LogP contribution in [0.2, 0.25) is 5.02 Å². The minimum absolute atomic E-state index is 0.0201. The number of amides is 1. The van der Waals surface area contributed by atoms with Gasteiger partial charge in [-0.15, -0.1) is 0 Å². The van der Waals surface area contributed by atoms with Crippen LogP contribution in [0.5, 0.6) is 0 Å². The Labute approximate surface area is 146 Å². The van der Waals surface area contributed by atoms with Gasteiger partial charge in [-0.3, -0.25) is 9.59 Å². The number of aldehydes is 1. The maximum absolute atomic E-state index is 12.6. The lowest BCUT2D eigenvalue weighted by atomic mass is 10.1. The second-order valence-corrected chi connectivity index (χ2v) is 6.33. The molecule has 4 nitrogen and oxygen atoms in total. The second-order valence-electron chi connectivity index (χ2n) is 5.92. The molecule has 2 aromatic rings. The first kappa shape index (κ1) is 16.5. The van der Waals surface area contributed by atoms with Crippen molar-refractivity contribution in [2.45, 2.75) is 6.92 Å². The smallest absolute Gasteiger partial charge is 0.255 e. The number of hydrogen-bond acceptors (Lipinski definition) is 3. The fourth-order valence-corrected chi connectivity index (χ4v) is 3.28. The molecule has 1 amide bonds. The zero-order valence-corrected chi connectivity index (χ0v) is 14.3. The van der Waals surface area contributed by atoms with Crippen LogP contribution in [0.1, 0.15) is 26.3 Å². The lowest BCUT2D eigenvalue weighted by Crippen LogP contribution is -2.49. The first-order chi connectivity index (χ1) is 11.6. The number of rotatable bonds is 3. The Kier molecular flexibility index (Phi) is 4.86. The van der Waals surface area contributed by atoms with Crippen molar-refractivity contribution < 1.29 is 9.59 Å². The van der Waals surface area contributed by atoms with Crippen LogP contribution in [0, 0.1) is 6.92 Å². The molecule has 0 aliphatic carbocycles. The molecular weight excluding hydrogens is 324 g/mol. The van der Waals surface area contributed by atoms with Gasteiger partial charge in [-0.25, -0.2) is 0 Å². The summed E-state index contributed by atoms with van der Waals surface area (Å²) >= 11 is 6.13. The summed E-state index contributed by atoms with van der Waals surface area (Å²) in [5.41, 5.74) is 3.43. The van der Waals surface area contributed by atoms with E-state index in [1.807, 2.05) is 42.2 Å². The Bertz CT molecular complexity index is 768. The summed E-state index contributed by atoms with van der Waals surface area (Å²) in [6.07, 6.45) is 0.858. The topological polar surface area (TPSA) is 40.6 Å². The normalized spacial score (nSPS) is 14.6. The Morgan fingerprint density at radius 3 is 2.42 bits per heavy atom. The van der Waals surface area contributed by atoms with Crippen LogP contribution in [0.15, 0.2) is 42.5 Å². The summed E-state index contributed by atoms with van der Waals surface area (Å²) < 4.78 is 0. The highest BCUT2D eigenvalue weighted by molar-refractivity contribution is 6.33. The summed E-state index contributed by atoms with van der Waals surface area (Å²) in [7, 11) is 0. The predicted octanol–water partition coefficient (Wildman–Crippen LogP) is 3.42. The Hall–Kier alpha value is -2.33. The molecule has 1 heterocycles. The van der Waals surface area contributed by atoms with Crippen LogP contribution in [0.3, 0.4) is 0 Å². The number of piperazine rings is 1. The molecule has 124 valence electrons. The highest BCUT2D eigenvalue weighted by atomic mass is 35.5. The number of carbonyl (C=O) groups is 2. The summed E-state index contributed by atoms with van der Waals surface area (Å²) in [5.74, 6) is -0.0201. The summed E-state index contributed by atoms with van der Waals surface area (Å²) in [5, 5.41) is 0.491. The lowest BCUT2D eigenvalue weighted by Gasteiger charge is -2.37. The molecule has 1 saturated heterocycles. The monoisotopic (exact) mass is 342 g/mol. The molecule has 0 spiro atoms. The van der Waals surface area contributed by atoms with Gasteiger partial charge in [0.25, 0.3) is 5.91 Å². The number of nitrogens with zero attached hydrogens (tertiary/aromatic N) is 2. The number of halogens is 1. The predicted molar refractivity (Wildman–Crippen MR) is 96.1 cm³/mol. The SMILES string of the molecule is Cc1cc(C=O)ccc1N1CCN(C(=O)c2ccccc2Cl)CC1. The van der Waals surface area contributed by atoms with Gasteiger partial charge in [0.2, 0.25) is 0 Å². The fraction of sp³-hybridized carbons (Fsp3) is 0.263. The van der Waals surface area contributed by atoms with Crippen LogP contribution in [-0.2, 0) is 0 Å². The van der Waals surface area contributed by atoms with Gasteiger partial charge in [0.1, 0.15) is 6.29 Å². The van der Waals surface area contributed by atoms with E-state index >= 15 is 0 Å². The molecule has 0 radical (unpaired) electrons. The van der Waals surface area contributed by atoms with Gasteiger partial charge in [-0.2, -0.15) is 0 Å². The molecule has 0 bridgehead atoms. The van der Waals surface area contributed by atoms with E-state index in [-0.39, 0.29) is 5.91 Å². The van der Waals surface area contributed by atoms with Gasteiger partial charge in [-0.05, 0) is 42.8 Å². The van der Waals surface area contributed by atoms with E-state index in [1.54, 1.807) is 12.1 Å². The third kappa shape index (κ3) is 3.29. The van der Waals surface area contributed by atoms with Crippen LogP contribution in [0.25, 0.3) is 0 Å². The van der Waals surface area contributed by atoms with Gasteiger partial charge in [0, 0.05) is 37.4 Å². The average Bonchev–Trinajstić information content (AvgIpc) is 2.61. The maximum Gasteiger partial charge on any atom is 0.255 e. The minimum Gasteiger partial charge on any atom is -0.368 e. The van der Waals surface area contributed by atoms with Crippen molar-refractivity contribution in [2.24, 2.45) is 0 Å². The molecule has 5 heteroatoms. The Morgan fingerprint density at radius 2 is 1.79 bits per heavy atom. The van der Waals surface area contributed by atoms with E-state index < -0.39 is 0 Å².